The molecule has 12 amide bonds. The van der Waals surface area contributed by atoms with Crippen molar-refractivity contribution in [2.75, 3.05) is 89.2 Å². The molecular formula is C73H114F8N12O13. The van der Waals surface area contributed by atoms with Crippen molar-refractivity contribution >= 4 is 70.9 Å². The van der Waals surface area contributed by atoms with Gasteiger partial charge in [-0.3, -0.25) is 57.5 Å². The van der Waals surface area contributed by atoms with Crippen molar-refractivity contribution in [2.24, 2.45) is 41.4 Å². The normalized spacial score (nSPS) is 32.7. The molecule has 13 atom stereocenters. The highest BCUT2D eigenvalue weighted by Gasteiger charge is 2.56. The van der Waals surface area contributed by atoms with Crippen LogP contribution in [0.3, 0.4) is 0 Å². The lowest BCUT2D eigenvalue weighted by molar-refractivity contribution is -0.219. The van der Waals surface area contributed by atoms with Crippen LogP contribution in [-0.2, 0) is 62.3 Å². The Morgan fingerprint density at radius 3 is 1.78 bits per heavy atom. The molecule has 7 aliphatic rings. The summed E-state index contributed by atoms with van der Waals surface area (Å²) in [5, 5.41) is 8.36. The summed E-state index contributed by atoms with van der Waals surface area (Å²) < 4.78 is 121. The Morgan fingerprint density at radius 2 is 1.24 bits per heavy atom. The first kappa shape index (κ1) is 86.3. The van der Waals surface area contributed by atoms with E-state index >= 15 is 37.5 Å². The van der Waals surface area contributed by atoms with Gasteiger partial charge in [0.05, 0.1) is 31.5 Å². The predicted octanol–water partition coefficient (Wildman–Crippen LogP) is 5.79. The highest BCUT2D eigenvalue weighted by Crippen LogP contribution is 2.46. The molecule has 106 heavy (non-hydrogen) atoms. The first-order chi connectivity index (χ1) is 49.6. The number of amides is 12. The summed E-state index contributed by atoms with van der Waals surface area (Å²) in [5.41, 5.74) is -1.69. The maximum atomic E-state index is 15.5. The molecule has 7 fully saturated rings. The van der Waals surface area contributed by atoms with E-state index in [1.165, 1.54) is 71.1 Å². The van der Waals surface area contributed by atoms with Gasteiger partial charge < -0.3 is 64.8 Å². The van der Waals surface area contributed by atoms with Gasteiger partial charge in [-0.15, -0.1) is 0 Å². The second kappa shape index (κ2) is 36.5. The van der Waals surface area contributed by atoms with Crippen molar-refractivity contribution < 1.29 is 97.4 Å². The Bertz CT molecular complexity index is 3140. The number of carbonyl (C=O) groups is 12. The molecule has 7 rings (SSSR count). The molecule has 0 aromatic heterocycles. The summed E-state index contributed by atoms with van der Waals surface area (Å²) in [7, 11) is 10.9. The highest BCUT2D eigenvalue weighted by atomic mass is 19.4. The lowest BCUT2D eigenvalue weighted by Crippen LogP contribution is -2.68. The standard InChI is InChI=1S/C73H114F8N12O13/c1-14-42(5)60-68(103)87(9)40-58(96)89(11)53-32-41(4)28-31-92(67(53)102)55(35-43-22-25-46(26-23-43)72(76,77)78)66(101)86(8)39-56(94)82-50(27-24-44-33-48(74)59(49(75)34-44)73(79,80)81)64(99)93-38-47(106-16-3)36-52(93)63(98)84-71(29-19-30-71)70(105)91(13)61(45-20-17-18-21-45)69(104)90(12)54(65(100)85(6)7)37-57(95)88(10)51(15-2)62(97)83-60/h41-55,59-61H,14-40H2,1-13H3,(H,82,94)(H,83,97)(H,84,98)/t41-,42-,43?,44?,46?,47+,48?,49?,50-,51-,52-,53-,54-,55-,59?,60-,61-/m0/s1. The van der Waals surface area contributed by atoms with Crippen LogP contribution in [0.4, 0.5) is 35.1 Å². The first-order valence-electron chi connectivity index (χ1n) is 37.9. The number of carbonyl (C=O) groups excluding carboxylic acids is 12. The highest BCUT2D eigenvalue weighted by molar-refractivity contribution is 6.01. The monoisotopic (exact) mass is 1520 g/mol. The van der Waals surface area contributed by atoms with Crippen molar-refractivity contribution in [3.8, 4) is 0 Å². The summed E-state index contributed by atoms with van der Waals surface area (Å²) in [6.45, 7) is 6.79. The molecule has 0 aromatic carbocycles. The Hall–Kier alpha value is -6.96. The van der Waals surface area contributed by atoms with Crippen LogP contribution in [0.1, 0.15) is 176 Å². The van der Waals surface area contributed by atoms with Crippen LogP contribution in [0.25, 0.3) is 0 Å². The topological polar surface area (TPSA) is 279 Å². The van der Waals surface area contributed by atoms with Gasteiger partial charge in [-0.2, -0.15) is 26.3 Å². The van der Waals surface area contributed by atoms with Crippen molar-refractivity contribution in [1.29, 1.82) is 0 Å². The fraction of sp³-hybridized carbons (Fsp3) is 0.836. The van der Waals surface area contributed by atoms with Gasteiger partial charge >= 0.3 is 12.4 Å². The summed E-state index contributed by atoms with van der Waals surface area (Å²) in [5.74, 6) is -17.0. The second-order valence-electron chi connectivity index (χ2n) is 31.6. The average molecular weight is 1520 g/mol. The molecule has 4 aliphatic carbocycles. The van der Waals surface area contributed by atoms with E-state index in [1.807, 2.05) is 6.92 Å². The van der Waals surface area contributed by atoms with Crippen molar-refractivity contribution in [3.63, 3.8) is 0 Å². The molecule has 1 spiro atoms. The van der Waals surface area contributed by atoms with Crippen molar-refractivity contribution in [3.05, 3.63) is 0 Å². The number of likely N-dealkylation sites (N-methyl/N-ethyl adjacent to an activating group) is 7. The zero-order chi connectivity index (χ0) is 78.9. The minimum absolute atomic E-state index is 0.00131. The van der Waals surface area contributed by atoms with Crippen LogP contribution >= 0.6 is 0 Å². The zero-order valence-corrected chi connectivity index (χ0v) is 63.8. The quantitative estimate of drug-likeness (QED) is 0.195. The molecule has 3 saturated heterocycles. The second-order valence-corrected chi connectivity index (χ2v) is 31.6. The molecule has 3 heterocycles. The molecule has 4 saturated carbocycles. The third-order valence-corrected chi connectivity index (χ3v) is 24.0. The van der Waals surface area contributed by atoms with Gasteiger partial charge in [-0.05, 0) is 146 Å². The molecule has 3 aliphatic heterocycles. The van der Waals surface area contributed by atoms with Crippen molar-refractivity contribution in [1.82, 2.24) is 60.0 Å². The van der Waals surface area contributed by atoms with Gasteiger partial charge in [0.15, 0.2) is 0 Å². The van der Waals surface area contributed by atoms with E-state index in [0.717, 1.165) is 29.4 Å². The van der Waals surface area contributed by atoms with Gasteiger partial charge in [0.25, 0.3) is 0 Å². The third kappa shape index (κ3) is 20.3. The van der Waals surface area contributed by atoms with Gasteiger partial charge in [0.2, 0.25) is 70.9 Å². The smallest absolute Gasteiger partial charge is 0.377 e. The van der Waals surface area contributed by atoms with E-state index in [0.29, 0.717) is 38.5 Å². The number of nitrogens with one attached hydrogen (secondary N) is 3. The van der Waals surface area contributed by atoms with Crippen LogP contribution in [0.15, 0.2) is 0 Å². The van der Waals surface area contributed by atoms with Crippen LogP contribution < -0.4 is 16.0 Å². The van der Waals surface area contributed by atoms with Gasteiger partial charge in [0, 0.05) is 82.5 Å². The molecule has 33 heteroatoms. The summed E-state index contributed by atoms with van der Waals surface area (Å²) >= 11 is 0. The van der Waals surface area contributed by atoms with E-state index in [9.17, 15) is 55.1 Å². The molecule has 2 bridgehead atoms. The fourth-order valence-electron chi connectivity index (χ4n) is 17.1. The largest absolute Gasteiger partial charge is 0.397 e. The number of alkyl halides is 8. The van der Waals surface area contributed by atoms with E-state index in [-0.39, 0.29) is 103 Å². The number of hydrogen-bond acceptors (Lipinski definition) is 13. The Kier molecular flexibility index (Phi) is 29.7. The summed E-state index contributed by atoms with van der Waals surface area (Å²) in [4.78, 5) is 190. The molecule has 3 N–H and O–H groups in total. The molecular weight excluding hydrogens is 1400 g/mol. The predicted molar refractivity (Wildman–Crippen MR) is 372 cm³/mol. The van der Waals surface area contributed by atoms with Crippen molar-refractivity contribution in [2.45, 2.75) is 261 Å². The summed E-state index contributed by atoms with van der Waals surface area (Å²) in [6.07, 6.45) is -16.2. The molecule has 0 radical (unpaired) electrons. The minimum atomic E-state index is -5.21. The number of rotatable bonds is 12. The van der Waals surface area contributed by atoms with E-state index in [2.05, 4.69) is 16.0 Å². The van der Waals surface area contributed by atoms with E-state index in [1.54, 1.807) is 27.7 Å². The molecule has 25 nitrogen and oxygen atoms in total. The van der Waals surface area contributed by atoms with Gasteiger partial charge in [-0.25, -0.2) is 8.78 Å². The molecule has 0 aromatic rings. The van der Waals surface area contributed by atoms with Crippen LogP contribution in [0.2, 0.25) is 0 Å². The Balaban J connectivity index is 1.31. The third-order valence-electron chi connectivity index (χ3n) is 24.0. The Labute approximate surface area is 617 Å². The van der Waals surface area contributed by atoms with Gasteiger partial charge in [0.1, 0.15) is 72.1 Å². The maximum absolute atomic E-state index is 15.5. The van der Waals surface area contributed by atoms with E-state index in [4.69, 9.17) is 4.74 Å². The number of fused-ring (bicyclic) bond motifs is 3. The summed E-state index contributed by atoms with van der Waals surface area (Å²) in [6, 6.07) is -11.2. The number of nitrogens with zero attached hydrogens (tertiary/aromatic N) is 9. The van der Waals surface area contributed by atoms with Crippen LogP contribution in [0.5, 0.6) is 0 Å². The average Bonchev–Trinajstić information content (AvgIpc) is 1.16. The molecule has 2 unspecified atom stereocenters. The number of hydrogen-bond donors (Lipinski definition) is 3. The molecule has 600 valence electrons. The number of halogens is 8. The lowest BCUT2D eigenvalue weighted by Gasteiger charge is -2.46. The number of ether oxygens (including phenoxy) is 1. The van der Waals surface area contributed by atoms with Crippen LogP contribution in [0, 0.1) is 41.4 Å². The van der Waals surface area contributed by atoms with E-state index < -0.39 is 230 Å². The minimum Gasteiger partial charge on any atom is -0.377 e. The van der Waals surface area contributed by atoms with Crippen LogP contribution in [-0.4, -0.2) is 289 Å². The fourth-order valence-corrected chi connectivity index (χ4v) is 17.1. The Morgan fingerprint density at radius 1 is 0.623 bits per heavy atom. The maximum Gasteiger partial charge on any atom is 0.397 e. The zero-order valence-electron chi connectivity index (χ0n) is 63.8. The lowest BCUT2D eigenvalue weighted by atomic mass is 9.74. The first-order valence-corrected chi connectivity index (χ1v) is 37.9. The SMILES string of the molecule is CCO[C@@H]1C[C@H]2C(=O)NC3(CCC3)C(=O)N(C)[C@@H](C3CCCC3)C(=O)N(C)[C@H](C(=O)N(C)C)CC(=O)N(C)[C@@H](CC)C(=O)N[C@@H]([C@@H](C)CC)C(=O)N(C)CC(=O)N(C)[C@H]3C[C@@H](C)CCN(C3=O)[C@@H](CC3CCC(C(F)(F)F)CC3)C(=O)N(C)CC(=O)N[C@@H](CCC3CC(F)C(C(F)(F)F)C(F)C3)C(=O)N2C1. The van der Waals surface area contributed by atoms with Gasteiger partial charge in [-0.1, -0.05) is 47.0 Å².